The van der Waals surface area contributed by atoms with Crippen LogP contribution in [-0.2, 0) is 22.3 Å². The van der Waals surface area contributed by atoms with Crippen LogP contribution in [-0.4, -0.2) is 31.4 Å². The molecule has 0 fully saturated rings. The van der Waals surface area contributed by atoms with Crippen LogP contribution in [0, 0.1) is 0 Å². The molecule has 29 heavy (non-hydrogen) atoms. The van der Waals surface area contributed by atoms with Gasteiger partial charge in [0, 0.05) is 18.0 Å². The first kappa shape index (κ1) is 20.9. The van der Waals surface area contributed by atoms with E-state index in [4.69, 9.17) is 0 Å². The number of likely N-dealkylation sites (N-methyl/N-ethyl adjacent to an activating group) is 1. The Hall–Kier alpha value is -2.87. The molecule has 2 N–H and O–H groups in total. The number of amides is 2. The molecule has 1 aliphatic heterocycles. The second-order valence-corrected chi connectivity index (χ2v) is 7.39. The van der Waals surface area contributed by atoms with Gasteiger partial charge in [-0.2, -0.15) is 13.2 Å². The van der Waals surface area contributed by atoms with E-state index in [0.29, 0.717) is 23.5 Å². The fraction of sp³-hybridized carbons (Fsp3) is 0.333. The van der Waals surface area contributed by atoms with Gasteiger partial charge in [-0.05, 0) is 31.2 Å². The van der Waals surface area contributed by atoms with E-state index < -0.39 is 11.7 Å². The minimum Gasteiger partial charge on any atom is -0.326 e. The predicted octanol–water partition coefficient (Wildman–Crippen LogP) is 2.48. The second-order valence-electron chi connectivity index (χ2n) is 7.39. The van der Waals surface area contributed by atoms with Crippen LogP contribution in [0.2, 0.25) is 0 Å². The monoisotopic (exact) mass is 406 g/mol. The molecule has 2 aromatic carbocycles. The van der Waals surface area contributed by atoms with Crippen molar-refractivity contribution >= 4 is 23.2 Å². The molecule has 0 spiro atoms. The molecule has 0 aliphatic carbocycles. The molecule has 0 bridgehead atoms. The van der Waals surface area contributed by atoms with Gasteiger partial charge in [-0.25, -0.2) is 0 Å². The number of quaternary nitrogens is 1. The standard InChI is InChI=1S/C21H22F3N3O2/c1-14-11-19(28)25-17-5-3-4-6-18(17)27(14)20(29)13-26(2)12-15-7-9-16(10-8-15)21(22,23)24/h3-10,14H,11-13H2,1-2H3,(H,25,28)/p+1/t14-/m0/s1. The Morgan fingerprint density at radius 3 is 2.48 bits per heavy atom. The average Bonchev–Trinajstić information content (AvgIpc) is 2.75. The van der Waals surface area contributed by atoms with Gasteiger partial charge in [0.05, 0.1) is 24.0 Å². The molecule has 154 valence electrons. The Morgan fingerprint density at radius 2 is 1.83 bits per heavy atom. The smallest absolute Gasteiger partial charge is 0.326 e. The highest BCUT2D eigenvalue weighted by atomic mass is 19.4. The topological polar surface area (TPSA) is 53.9 Å². The second kappa shape index (κ2) is 8.24. The van der Waals surface area contributed by atoms with Gasteiger partial charge in [-0.3, -0.25) is 9.59 Å². The van der Waals surface area contributed by atoms with Crippen molar-refractivity contribution < 1.29 is 27.7 Å². The Balaban J connectivity index is 1.71. The van der Waals surface area contributed by atoms with Crippen molar-refractivity contribution in [3.63, 3.8) is 0 Å². The molecule has 5 nitrogen and oxygen atoms in total. The maximum Gasteiger partial charge on any atom is 0.416 e. The molecular weight excluding hydrogens is 383 g/mol. The number of alkyl halides is 3. The maximum atomic E-state index is 13.0. The zero-order valence-electron chi connectivity index (χ0n) is 16.2. The molecule has 2 atom stereocenters. The number of fused-ring (bicyclic) bond motifs is 1. The Bertz CT molecular complexity index is 897. The lowest BCUT2D eigenvalue weighted by Crippen LogP contribution is -3.09. The first-order valence-electron chi connectivity index (χ1n) is 9.33. The zero-order valence-corrected chi connectivity index (χ0v) is 16.2. The minimum atomic E-state index is -4.37. The Labute approximate surface area is 167 Å². The van der Waals surface area contributed by atoms with E-state index in [-0.39, 0.29) is 30.8 Å². The highest BCUT2D eigenvalue weighted by Gasteiger charge is 2.32. The molecule has 0 saturated carbocycles. The van der Waals surface area contributed by atoms with Crippen molar-refractivity contribution in [3.05, 3.63) is 59.7 Å². The predicted molar refractivity (Wildman–Crippen MR) is 104 cm³/mol. The number of carbonyl (C=O) groups excluding carboxylic acids is 2. The number of para-hydroxylation sites is 2. The number of nitrogens with zero attached hydrogens (tertiary/aromatic N) is 1. The third kappa shape index (κ3) is 4.95. The molecule has 2 aromatic rings. The molecular formula is C21H23F3N3O2+. The molecule has 1 heterocycles. The van der Waals surface area contributed by atoms with Crippen molar-refractivity contribution in [1.29, 1.82) is 0 Å². The summed E-state index contributed by atoms with van der Waals surface area (Å²) in [6, 6.07) is 11.8. The number of hydrogen-bond acceptors (Lipinski definition) is 2. The summed E-state index contributed by atoms with van der Waals surface area (Å²) < 4.78 is 38.1. The van der Waals surface area contributed by atoms with Crippen molar-refractivity contribution in [2.75, 3.05) is 23.8 Å². The van der Waals surface area contributed by atoms with E-state index >= 15 is 0 Å². The van der Waals surface area contributed by atoms with Crippen LogP contribution in [0.4, 0.5) is 24.5 Å². The van der Waals surface area contributed by atoms with Crippen molar-refractivity contribution in [2.24, 2.45) is 0 Å². The summed E-state index contributed by atoms with van der Waals surface area (Å²) in [5.41, 5.74) is 1.26. The molecule has 8 heteroatoms. The number of benzene rings is 2. The van der Waals surface area contributed by atoms with Gasteiger partial charge >= 0.3 is 6.18 Å². The number of halogens is 3. The average molecular weight is 406 g/mol. The van der Waals surface area contributed by atoms with Gasteiger partial charge in [0.25, 0.3) is 5.91 Å². The molecule has 0 aromatic heterocycles. The van der Waals surface area contributed by atoms with Gasteiger partial charge in [0.1, 0.15) is 6.54 Å². The van der Waals surface area contributed by atoms with Crippen LogP contribution in [0.25, 0.3) is 0 Å². The van der Waals surface area contributed by atoms with E-state index in [1.54, 1.807) is 23.1 Å². The van der Waals surface area contributed by atoms with Gasteiger partial charge in [0.2, 0.25) is 5.91 Å². The number of hydrogen-bond donors (Lipinski definition) is 2. The first-order valence-corrected chi connectivity index (χ1v) is 9.33. The molecule has 1 aliphatic rings. The van der Waals surface area contributed by atoms with Crippen molar-refractivity contribution in [2.45, 2.75) is 32.1 Å². The third-order valence-electron chi connectivity index (χ3n) is 4.87. The number of rotatable bonds is 4. The summed E-state index contributed by atoms with van der Waals surface area (Å²) in [7, 11) is 1.81. The molecule has 0 radical (unpaired) electrons. The molecule has 0 saturated heterocycles. The molecule has 1 unspecified atom stereocenters. The summed E-state index contributed by atoms with van der Waals surface area (Å²) in [5, 5.41) is 2.82. The van der Waals surface area contributed by atoms with Crippen LogP contribution in [0.5, 0.6) is 0 Å². The van der Waals surface area contributed by atoms with Gasteiger partial charge in [-0.1, -0.05) is 24.3 Å². The number of anilines is 2. The normalized spacial score (nSPS) is 17.9. The fourth-order valence-electron chi connectivity index (χ4n) is 3.53. The largest absolute Gasteiger partial charge is 0.416 e. The number of carbonyl (C=O) groups is 2. The third-order valence-corrected chi connectivity index (χ3v) is 4.87. The summed E-state index contributed by atoms with van der Waals surface area (Å²) >= 11 is 0. The quantitative estimate of drug-likeness (QED) is 0.820. The lowest BCUT2D eigenvalue weighted by atomic mass is 10.1. The van der Waals surface area contributed by atoms with Crippen molar-refractivity contribution in [3.8, 4) is 0 Å². The van der Waals surface area contributed by atoms with Crippen LogP contribution in [0.1, 0.15) is 24.5 Å². The van der Waals surface area contributed by atoms with Gasteiger partial charge < -0.3 is 15.1 Å². The molecule has 3 rings (SSSR count). The maximum absolute atomic E-state index is 13.0. The van der Waals surface area contributed by atoms with Crippen LogP contribution >= 0.6 is 0 Å². The highest BCUT2D eigenvalue weighted by Crippen LogP contribution is 2.31. The van der Waals surface area contributed by atoms with E-state index in [9.17, 15) is 22.8 Å². The first-order chi connectivity index (χ1) is 13.6. The molecule has 2 amide bonds. The van der Waals surface area contributed by atoms with Gasteiger partial charge in [0.15, 0.2) is 6.54 Å². The van der Waals surface area contributed by atoms with Crippen LogP contribution in [0.3, 0.4) is 0 Å². The number of nitrogens with one attached hydrogen (secondary N) is 2. The van der Waals surface area contributed by atoms with Crippen LogP contribution in [0.15, 0.2) is 48.5 Å². The van der Waals surface area contributed by atoms with E-state index in [1.165, 1.54) is 12.1 Å². The fourth-order valence-corrected chi connectivity index (χ4v) is 3.53. The SMILES string of the molecule is C[C@H]1CC(=O)Nc2ccccc2N1C(=O)C[NH+](C)Cc1ccc(C(F)(F)F)cc1. The summed E-state index contributed by atoms with van der Waals surface area (Å²) in [5.74, 6) is -0.295. The minimum absolute atomic E-state index is 0.147. The van der Waals surface area contributed by atoms with Crippen LogP contribution < -0.4 is 15.1 Å². The van der Waals surface area contributed by atoms with E-state index in [2.05, 4.69) is 5.32 Å². The van der Waals surface area contributed by atoms with E-state index in [0.717, 1.165) is 17.0 Å². The highest BCUT2D eigenvalue weighted by molar-refractivity contribution is 6.04. The lowest BCUT2D eigenvalue weighted by Gasteiger charge is -2.28. The Kier molecular flexibility index (Phi) is 5.93. The zero-order chi connectivity index (χ0) is 21.2. The van der Waals surface area contributed by atoms with Gasteiger partial charge in [-0.15, -0.1) is 0 Å². The summed E-state index contributed by atoms with van der Waals surface area (Å²) in [6.45, 7) is 2.38. The Morgan fingerprint density at radius 1 is 1.17 bits per heavy atom. The van der Waals surface area contributed by atoms with Crippen molar-refractivity contribution in [1.82, 2.24) is 0 Å². The van der Waals surface area contributed by atoms with E-state index in [1.807, 2.05) is 20.0 Å². The summed E-state index contributed by atoms with van der Waals surface area (Å²) in [4.78, 5) is 27.6. The lowest BCUT2D eigenvalue weighted by molar-refractivity contribution is -0.885. The summed E-state index contributed by atoms with van der Waals surface area (Å²) in [6.07, 6.45) is -4.17.